The van der Waals surface area contributed by atoms with E-state index in [0.717, 1.165) is 6.42 Å². The summed E-state index contributed by atoms with van der Waals surface area (Å²) in [6.07, 6.45) is 1.63. The highest BCUT2D eigenvalue weighted by Gasteiger charge is 2.37. The van der Waals surface area contributed by atoms with Crippen molar-refractivity contribution in [3.8, 4) is 0 Å². The molecule has 0 radical (unpaired) electrons. The lowest BCUT2D eigenvalue weighted by Crippen LogP contribution is -2.63. The van der Waals surface area contributed by atoms with E-state index >= 15 is 0 Å². The summed E-state index contributed by atoms with van der Waals surface area (Å²) >= 11 is 0. The van der Waals surface area contributed by atoms with Gasteiger partial charge >= 0.3 is 0 Å². The van der Waals surface area contributed by atoms with E-state index in [1.807, 2.05) is 6.92 Å². The second-order valence-corrected chi connectivity index (χ2v) is 4.07. The Hall–Kier alpha value is -0.610. The number of β-lactam (4-membered cyclic amide) rings is 1. The number of hydrogen-bond acceptors (Lipinski definition) is 3. The average Bonchev–Trinajstić information content (AvgIpc) is 2.03. The Balaban J connectivity index is 2.37. The Morgan fingerprint density at radius 2 is 2.38 bits per heavy atom. The van der Waals surface area contributed by atoms with Crippen molar-refractivity contribution in [3.63, 3.8) is 0 Å². The van der Waals surface area contributed by atoms with Crippen LogP contribution < -0.4 is 5.73 Å². The summed E-state index contributed by atoms with van der Waals surface area (Å²) in [7, 11) is 0. The molecule has 1 aliphatic heterocycles. The smallest absolute Gasteiger partial charge is 0.241 e. The molecule has 0 aromatic carbocycles. The van der Waals surface area contributed by atoms with Crippen LogP contribution in [-0.4, -0.2) is 40.6 Å². The number of hydrogen-bond donors (Lipinski definition) is 2. The number of nitrogens with two attached hydrogens (primary N) is 1. The molecule has 3 N–H and O–H groups in total. The summed E-state index contributed by atoms with van der Waals surface area (Å²) in [6, 6.07) is -0.336. The highest BCUT2D eigenvalue weighted by atomic mass is 16.3. The SMILES string of the molecule is CCCC(C)(O)CN1CC(N)C1=O. The van der Waals surface area contributed by atoms with Gasteiger partial charge in [-0.25, -0.2) is 0 Å². The maximum atomic E-state index is 11.1. The van der Waals surface area contributed by atoms with E-state index in [2.05, 4.69) is 0 Å². The molecular formula is C9H18N2O2. The fourth-order valence-electron chi connectivity index (χ4n) is 1.70. The quantitative estimate of drug-likeness (QED) is 0.593. The maximum Gasteiger partial charge on any atom is 0.241 e. The number of carbonyl (C=O) groups is 1. The number of rotatable bonds is 4. The number of nitrogens with zero attached hydrogens (tertiary/aromatic N) is 1. The second-order valence-electron chi connectivity index (χ2n) is 4.07. The predicted molar refractivity (Wildman–Crippen MR) is 50.1 cm³/mol. The Labute approximate surface area is 78.7 Å². The fourth-order valence-corrected chi connectivity index (χ4v) is 1.70. The lowest BCUT2D eigenvalue weighted by molar-refractivity contribution is -0.146. The highest BCUT2D eigenvalue weighted by molar-refractivity contribution is 5.87. The van der Waals surface area contributed by atoms with E-state index in [0.29, 0.717) is 19.5 Å². The Bertz CT molecular complexity index is 204. The van der Waals surface area contributed by atoms with E-state index in [4.69, 9.17) is 5.73 Å². The van der Waals surface area contributed by atoms with Gasteiger partial charge in [-0.15, -0.1) is 0 Å². The lowest BCUT2D eigenvalue weighted by atomic mass is 9.97. The van der Waals surface area contributed by atoms with Crippen LogP contribution >= 0.6 is 0 Å². The fraction of sp³-hybridized carbons (Fsp3) is 0.889. The van der Waals surface area contributed by atoms with Gasteiger partial charge in [0, 0.05) is 13.1 Å². The van der Waals surface area contributed by atoms with Gasteiger partial charge in [-0.1, -0.05) is 13.3 Å². The molecule has 4 heteroatoms. The highest BCUT2D eigenvalue weighted by Crippen LogP contribution is 2.18. The van der Waals surface area contributed by atoms with Crippen LogP contribution in [0.4, 0.5) is 0 Å². The van der Waals surface area contributed by atoms with Crippen LogP contribution in [0.15, 0.2) is 0 Å². The predicted octanol–water partition coefficient (Wildman–Crippen LogP) is -0.293. The molecule has 0 aliphatic carbocycles. The van der Waals surface area contributed by atoms with Crippen molar-refractivity contribution in [1.82, 2.24) is 4.90 Å². The van der Waals surface area contributed by atoms with E-state index in [9.17, 15) is 9.90 Å². The van der Waals surface area contributed by atoms with Crippen LogP contribution in [0.1, 0.15) is 26.7 Å². The molecule has 0 aromatic heterocycles. The number of likely N-dealkylation sites (tertiary alicyclic amines) is 1. The normalized spacial score (nSPS) is 26.9. The average molecular weight is 186 g/mol. The topological polar surface area (TPSA) is 66.6 Å². The van der Waals surface area contributed by atoms with Crippen molar-refractivity contribution < 1.29 is 9.90 Å². The van der Waals surface area contributed by atoms with Crippen LogP contribution in [0.5, 0.6) is 0 Å². The van der Waals surface area contributed by atoms with Gasteiger partial charge < -0.3 is 15.7 Å². The van der Waals surface area contributed by atoms with Gasteiger partial charge in [0.25, 0.3) is 0 Å². The lowest BCUT2D eigenvalue weighted by Gasteiger charge is -2.40. The zero-order chi connectivity index (χ0) is 10.1. The van der Waals surface area contributed by atoms with Crippen LogP contribution in [0, 0.1) is 0 Å². The minimum Gasteiger partial charge on any atom is -0.388 e. The first kappa shape index (κ1) is 10.5. The van der Waals surface area contributed by atoms with Gasteiger partial charge in [-0.05, 0) is 13.3 Å². The maximum absolute atomic E-state index is 11.1. The van der Waals surface area contributed by atoms with Crippen molar-refractivity contribution >= 4 is 5.91 Å². The third-order valence-corrected chi connectivity index (χ3v) is 2.37. The third-order valence-electron chi connectivity index (χ3n) is 2.37. The van der Waals surface area contributed by atoms with Crippen LogP contribution in [0.2, 0.25) is 0 Å². The van der Waals surface area contributed by atoms with Crippen molar-refractivity contribution in [2.45, 2.75) is 38.3 Å². The van der Waals surface area contributed by atoms with Gasteiger partial charge in [0.15, 0.2) is 0 Å². The number of aliphatic hydroxyl groups is 1. The number of amides is 1. The monoisotopic (exact) mass is 186 g/mol. The summed E-state index contributed by atoms with van der Waals surface area (Å²) < 4.78 is 0. The Morgan fingerprint density at radius 3 is 2.77 bits per heavy atom. The molecule has 1 fully saturated rings. The van der Waals surface area contributed by atoms with Crippen molar-refractivity contribution in [2.24, 2.45) is 5.73 Å². The van der Waals surface area contributed by atoms with Gasteiger partial charge in [-0.2, -0.15) is 0 Å². The molecule has 1 heterocycles. The van der Waals surface area contributed by atoms with E-state index < -0.39 is 5.60 Å². The summed E-state index contributed by atoms with van der Waals surface area (Å²) in [6.45, 7) is 4.76. The molecule has 1 amide bonds. The number of β-amino-alcohol motifs (C(OH)–C–C–N with tert-alkyl or cyclic N) is 1. The Morgan fingerprint density at radius 1 is 1.77 bits per heavy atom. The van der Waals surface area contributed by atoms with Gasteiger partial charge in [0.1, 0.15) is 6.04 Å². The first-order valence-electron chi connectivity index (χ1n) is 4.73. The molecule has 1 aliphatic rings. The van der Waals surface area contributed by atoms with Gasteiger partial charge in [0.2, 0.25) is 5.91 Å². The molecule has 76 valence electrons. The van der Waals surface area contributed by atoms with E-state index in [1.165, 1.54) is 0 Å². The zero-order valence-electron chi connectivity index (χ0n) is 8.29. The van der Waals surface area contributed by atoms with Crippen molar-refractivity contribution in [2.75, 3.05) is 13.1 Å². The zero-order valence-corrected chi connectivity index (χ0v) is 8.29. The van der Waals surface area contributed by atoms with Crippen molar-refractivity contribution in [1.29, 1.82) is 0 Å². The van der Waals surface area contributed by atoms with E-state index in [-0.39, 0.29) is 11.9 Å². The first-order valence-corrected chi connectivity index (χ1v) is 4.73. The molecule has 2 unspecified atom stereocenters. The summed E-state index contributed by atoms with van der Waals surface area (Å²) in [5.41, 5.74) is 4.67. The van der Waals surface area contributed by atoms with Crippen LogP contribution in [0.3, 0.4) is 0 Å². The summed E-state index contributed by atoms with van der Waals surface area (Å²) in [5.74, 6) is -0.0450. The molecule has 4 nitrogen and oxygen atoms in total. The molecule has 1 rings (SSSR count). The first-order chi connectivity index (χ1) is 5.96. The molecule has 0 saturated carbocycles. The standard InChI is InChI=1S/C9H18N2O2/c1-3-4-9(2,13)6-11-5-7(10)8(11)12/h7,13H,3-6,10H2,1-2H3. The van der Waals surface area contributed by atoms with Gasteiger partial charge in [0.05, 0.1) is 5.60 Å². The second kappa shape index (κ2) is 3.64. The van der Waals surface area contributed by atoms with Crippen LogP contribution in [-0.2, 0) is 4.79 Å². The summed E-state index contributed by atoms with van der Waals surface area (Å²) in [4.78, 5) is 12.7. The molecular weight excluding hydrogens is 168 g/mol. The molecule has 13 heavy (non-hydrogen) atoms. The molecule has 0 aromatic rings. The third kappa shape index (κ3) is 2.42. The molecule has 1 saturated heterocycles. The van der Waals surface area contributed by atoms with Crippen LogP contribution in [0.25, 0.3) is 0 Å². The Kier molecular flexibility index (Phi) is 2.93. The largest absolute Gasteiger partial charge is 0.388 e. The van der Waals surface area contributed by atoms with Gasteiger partial charge in [-0.3, -0.25) is 4.79 Å². The van der Waals surface area contributed by atoms with E-state index in [1.54, 1.807) is 11.8 Å². The molecule has 2 atom stereocenters. The van der Waals surface area contributed by atoms with Crippen molar-refractivity contribution in [3.05, 3.63) is 0 Å². The molecule has 0 spiro atoms. The minimum absolute atomic E-state index is 0.0450. The summed E-state index contributed by atoms with van der Waals surface area (Å²) in [5, 5.41) is 9.82. The minimum atomic E-state index is -0.759. The number of carbonyl (C=O) groups excluding carboxylic acids is 1. The molecule has 0 bridgehead atoms.